The minimum Gasteiger partial charge on any atom is -0.392 e. The van der Waals surface area contributed by atoms with Crippen molar-refractivity contribution in [3.05, 3.63) is 114 Å². The standard InChI is InChI=1S/C31H31N3O4S/c1-21(36)34-18-23-4-2-5-27(16-23)24-10-12-26(13-11-24)30-37-28(20-39-31-32-14-3-15-33-31)17-29(38-30)25-8-6-22(19-35)7-9-25/h2-16,28-30,35H,17-20H2,1H3,(H,34,36)/t28-,29+,30+/m0/s1. The molecule has 8 heteroatoms. The average Bonchev–Trinajstić information content (AvgIpc) is 2.99. The Morgan fingerprint density at radius 3 is 2.38 bits per heavy atom. The van der Waals surface area contributed by atoms with Gasteiger partial charge in [-0.05, 0) is 39.9 Å². The molecule has 1 aliphatic rings. The summed E-state index contributed by atoms with van der Waals surface area (Å²) in [6, 6.07) is 26.1. The second-order valence-corrected chi connectivity index (χ2v) is 10.4. The van der Waals surface area contributed by atoms with Gasteiger partial charge in [-0.2, -0.15) is 0 Å². The number of aliphatic hydroxyl groups is 1. The van der Waals surface area contributed by atoms with Gasteiger partial charge in [0.15, 0.2) is 11.4 Å². The highest BCUT2D eigenvalue weighted by Crippen LogP contribution is 2.39. The van der Waals surface area contributed by atoms with Gasteiger partial charge in [0.2, 0.25) is 5.91 Å². The Kier molecular flexibility index (Phi) is 9.00. The molecule has 0 spiro atoms. The Balaban J connectivity index is 1.33. The Morgan fingerprint density at radius 1 is 0.923 bits per heavy atom. The molecule has 200 valence electrons. The van der Waals surface area contributed by atoms with Crippen molar-refractivity contribution < 1.29 is 19.4 Å². The number of carbonyl (C=O) groups excluding carboxylic acids is 1. The second kappa shape index (κ2) is 13.0. The third-order valence-electron chi connectivity index (χ3n) is 6.54. The summed E-state index contributed by atoms with van der Waals surface area (Å²) in [5.41, 5.74) is 6.06. The molecular formula is C31H31N3O4S. The molecule has 3 aromatic carbocycles. The summed E-state index contributed by atoms with van der Waals surface area (Å²) in [7, 11) is 0. The molecule has 0 aliphatic carbocycles. The lowest BCUT2D eigenvalue weighted by atomic mass is 9.99. The van der Waals surface area contributed by atoms with E-state index >= 15 is 0 Å². The second-order valence-electron chi connectivity index (χ2n) is 9.42. The number of aliphatic hydroxyl groups excluding tert-OH is 1. The van der Waals surface area contributed by atoms with Crippen LogP contribution in [0.2, 0.25) is 0 Å². The lowest BCUT2D eigenvalue weighted by Gasteiger charge is -2.36. The Morgan fingerprint density at radius 2 is 1.67 bits per heavy atom. The Labute approximate surface area is 232 Å². The summed E-state index contributed by atoms with van der Waals surface area (Å²) in [6.07, 6.45) is 3.45. The average molecular weight is 542 g/mol. The molecule has 2 N–H and O–H groups in total. The molecule has 0 saturated carbocycles. The maximum absolute atomic E-state index is 11.3. The van der Waals surface area contributed by atoms with E-state index in [0.29, 0.717) is 18.7 Å². The van der Waals surface area contributed by atoms with E-state index in [0.717, 1.165) is 38.5 Å². The van der Waals surface area contributed by atoms with Crippen molar-refractivity contribution in [2.75, 3.05) is 5.75 Å². The molecule has 7 nitrogen and oxygen atoms in total. The van der Waals surface area contributed by atoms with Gasteiger partial charge in [-0.3, -0.25) is 4.79 Å². The predicted molar refractivity (Wildman–Crippen MR) is 151 cm³/mol. The summed E-state index contributed by atoms with van der Waals surface area (Å²) in [6.45, 7) is 2.03. The number of aromatic nitrogens is 2. The van der Waals surface area contributed by atoms with Gasteiger partial charge in [0.25, 0.3) is 0 Å². The molecule has 5 rings (SSSR count). The highest BCUT2D eigenvalue weighted by Gasteiger charge is 2.32. The van der Waals surface area contributed by atoms with Crippen molar-refractivity contribution in [2.45, 2.75) is 50.2 Å². The molecule has 1 aliphatic heterocycles. The fourth-order valence-corrected chi connectivity index (χ4v) is 5.29. The van der Waals surface area contributed by atoms with Gasteiger partial charge in [0.1, 0.15) is 0 Å². The number of hydrogen-bond donors (Lipinski definition) is 2. The number of rotatable bonds is 9. The van der Waals surface area contributed by atoms with Crippen LogP contribution < -0.4 is 5.32 Å². The number of benzene rings is 3. The highest BCUT2D eigenvalue weighted by molar-refractivity contribution is 7.99. The zero-order valence-corrected chi connectivity index (χ0v) is 22.5. The molecular weight excluding hydrogens is 510 g/mol. The molecule has 1 fully saturated rings. The SMILES string of the molecule is CC(=O)NCc1cccc(-c2ccc([C@@H]3O[C@H](CSc4ncccn4)C[C@H](c4ccc(CO)cc4)O3)cc2)c1. The first-order chi connectivity index (χ1) is 19.1. The van der Waals surface area contributed by atoms with Gasteiger partial charge in [-0.15, -0.1) is 0 Å². The van der Waals surface area contributed by atoms with Crippen molar-refractivity contribution >= 4 is 17.7 Å². The summed E-state index contributed by atoms with van der Waals surface area (Å²) in [5.74, 6) is 0.654. The predicted octanol–water partition coefficient (Wildman–Crippen LogP) is 5.61. The van der Waals surface area contributed by atoms with Crippen LogP contribution in [0.1, 0.15) is 48.0 Å². The number of ether oxygens (including phenoxy) is 2. The zero-order chi connectivity index (χ0) is 27.0. The van der Waals surface area contributed by atoms with E-state index in [1.54, 1.807) is 30.2 Å². The minimum atomic E-state index is -0.524. The molecule has 39 heavy (non-hydrogen) atoms. The number of carbonyl (C=O) groups is 1. The fourth-order valence-electron chi connectivity index (χ4n) is 4.47. The number of hydrogen-bond acceptors (Lipinski definition) is 7. The molecule has 0 bridgehead atoms. The van der Waals surface area contributed by atoms with E-state index in [9.17, 15) is 9.90 Å². The normalized spacial score (nSPS) is 19.0. The number of nitrogens with zero attached hydrogens (tertiary/aromatic N) is 2. The van der Waals surface area contributed by atoms with Gasteiger partial charge < -0.3 is 19.9 Å². The van der Waals surface area contributed by atoms with Crippen LogP contribution in [0.5, 0.6) is 0 Å². The Bertz CT molecular complexity index is 1370. The van der Waals surface area contributed by atoms with Crippen LogP contribution in [0.15, 0.2) is 96.4 Å². The van der Waals surface area contributed by atoms with E-state index in [1.165, 1.54) is 6.92 Å². The van der Waals surface area contributed by atoms with E-state index in [1.807, 2.05) is 48.5 Å². The van der Waals surface area contributed by atoms with E-state index in [2.05, 4.69) is 39.6 Å². The number of nitrogens with one attached hydrogen (secondary N) is 1. The lowest BCUT2D eigenvalue weighted by molar-refractivity contribution is -0.245. The summed E-state index contributed by atoms with van der Waals surface area (Å²) in [4.78, 5) is 19.9. The quantitative estimate of drug-likeness (QED) is 0.210. The van der Waals surface area contributed by atoms with E-state index in [4.69, 9.17) is 9.47 Å². The molecule has 0 radical (unpaired) electrons. The monoisotopic (exact) mass is 541 g/mol. The lowest BCUT2D eigenvalue weighted by Crippen LogP contribution is -2.31. The highest BCUT2D eigenvalue weighted by atomic mass is 32.2. The van der Waals surface area contributed by atoms with Crippen LogP contribution in [0, 0.1) is 0 Å². The van der Waals surface area contributed by atoms with Crippen LogP contribution >= 0.6 is 11.8 Å². The minimum absolute atomic E-state index is 0.0103. The maximum Gasteiger partial charge on any atom is 0.217 e. The summed E-state index contributed by atoms with van der Waals surface area (Å²) in [5, 5.41) is 13.0. The van der Waals surface area contributed by atoms with Crippen LogP contribution in [0.3, 0.4) is 0 Å². The number of thioether (sulfide) groups is 1. The van der Waals surface area contributed by atoms with Gasteiger partial charge >= 0.3 is 0 Å². The third kappa shape index (κ3) is 7.30. The van der Waals surface area contributed by atoms with Crippen molar-refractivity contribution in [3.63, 3.8) is 0 Å². The van der Waals surface area contributed by atoms with Gasteiger partial charge in [0, 0.05) is 43.6 Å². The van der Waals surface area contributed by atoms with Gasteiger partial charge in [-0.25, -0.2) is 9.97 Å². The first-order valence-corrected chi connectivity index (χ1v) is 13.9. The Hall–Kier alpha value is -3.56. The van der Waals surface area contributed by atoms with Crippen LogP contribution in [-0.2, 0) is 27.4 Å². The summed E-state index contributed by atoms with van der Waals surface area (Å²) >= 11 is 1.57. The van der Waals surface area contributed by atoms with Crippen LogP contribution in [-0.4, -0.2) is 32.8 Å². The van der Waals surface area contributed by atoms with Crippen molar-refractivity contribution in [1.82, 2.24) is 15.3 Å². The van der Waals surface area contributed by atoms with Crippen LogP contribution in [0.4, 0.5) is 0 Å². The van der Waals surface area contributed by atoms with Gasteiger partial charge in [-0.1, -0.05) is 78.5 Å². The molecule has 3 atom stereocenters. The fraction of sp³-hybridized carbons (Fsp3) is 0.258. The first-order valence-electron chi connectivity index (χ1n) is 12.9. The van der Waals surface area contributed by atoms with Crippen molar-refractivity contribution in [2.24, 2.45) is 0 Å². The molecule has 4 aromatic rings. The zero-order valence-electron chi connectivity index (χ0n) is 21.7. The molecule has 1 saturated heterocycles. The van der Waals surface area contributed by atoms with Gasteiger partial charge in [0.05, 0.1) is 18.8 Å². The smallest absolute Gasteiger partial charge is 0.217 e. The van der Waals surface area contributed by atoms with Crippen molar-refractivity contribution in [3.8, 4) is 11.1 Å². The first kappa shape index (κ1) is 27.0. The molecule has 1 aromatic heterocycles. The third-order valence-corrected chi connectivity index (χ3v) is 7.55. The largest absolute Gasteiger partial charge is 0.392 e. The molecule has 2 heterocycles. The topological polar surface area (TPSA) is 93.6 Å². The van der Waals surface area contributed by atoms with Crippen molar-refractivity contribution in [1.29, 1.82) is 0 Å². The maximum atomic E-state index is 11.3. The molecule has 0 unspecified atom stereocenters. The van der Waals surface area contributed by atoms with E-state index in [-0.39, 0.29) is 24.7 Å². The molecule has 1 amide bonds. The van der Waals surface area contributed by atoms with Crippen LogP contribution in [0.25, 0.3) is 11.1 Å². The number of amides is 1. The summed E-state index contributed by atoms with van der Waals surface area (Å²) < 4.78 is 12.9. The van der Waals surface area contributed by atoms with E-state index < -0.39 is 6.29 Å².